The third-order valence-electron chi connectivity index (χ3n) is 3.10. The van der Waals surface area contributed by atoms with Crippen LogP contribution in [0.3, 0.4) is 0 Å². The fraction of sp³-hybridized carbons (Fsp3) is 0.500. The molecule has 0 unspecified atom stereocenters. The number of benzene rings is 1. The van der Waals surface area contributed by atoms with Crippen LogP contribution in [0.15, 0.2) is 17.0 Å². The minimum atomic E-state index is -3.46. The van der Waals surface area contributed by atoms with Crippen LogP contribution in [-0.4, -0.2) is 39.0 Å². The Morgan fingerprint density at radius 3 is 2.40 bits per heavy atom. The monoisotopic (exact) mass is 300 g/mol. The molecule has 0 aliphatic heterocycles. The van der Waals surface area contributed by atoms with E-state index in [4.69, 9.17) is 9.84 Å². The van der Waals surface area contributed by atoms with Gasteiger partial charge in [-0.1, -0.05) is 6.07 Å². The van der Waals surface area contributed by atoms with Crippen molar-refractivity contribution in [2.24, 2.45) is 0 Å². The molecular weight excluding hydrogens is 280 g/mol. The summed E-state index contributed by atoms with van der Waals surface area (Å²) in [4.78, 5) is 11.2. The molecule has 0 aromatic heterocycles. The van der Waals surface area contributed by atoms with Crippen molar-refractivity contribution in [2.75, 3.05) is 19.5 Å². The molecule has 20 heavy (non-hydrogen) atoms. The molecule has 0 heterocycles. The van der Waals surface area contributed by atoms with Crippen molar-refractivity contribution >= 4 is 15.8 Å². The standard InChI is InChI=1S/C14H20O5S/c1-10-8-11(2)13(9-12(10)14(15)16)20(17,18)7-5-4-6-19-3/h8-9H,4-7H2,1-3H3,(H,15,16). The van der Waals surface area contributed by atoms with Crippen molar-refractivity contribution in [3.8, 4) is 0 Å². The first-order chi connectivity index (χ1) is 9.29. The summed E-state index contributed by atoms with van der Waals surface area (Å²) in [6.07, 6.45) is 1.15. The summed E-state index contributed by atoms with van der Waals surface area (Å²) >= 11 is 0. The van der Waals surface area contributed by atoms with Crippen molar-refractivity contribution in [3.05, 3.63) is 28.8 Å². The predicted octanol–water partition coefficient (Wildman–Crippen LogP) is 2.20. The van der Waals surface area contributed by atoms with Crippen molar-refractivity contribution in [1.82, 2.24) is 0 Å². The molecule has 1 aromatic carbocycles. The van der Waals surface area contributed by atoms with Gasteiger partial charge in [-0.2, -0.15) is 0 Å². The molecule has 0 aliphatic carbocycles. The molecule has 0 aliphatic rings. The maximum atomic E-state index is 12.3. The van der Waals surface area contributed by atoms with Gasteiger partial charge in [0, 0.05) is 13.7 Å². The van der Waals surface area contributed by atoms with Crippen LogP contribution in [0.4, 0.5) is 0 Å². The van der Waals surface area contributed by atoms with E-state index >= 15 is 0 Å². The summed E-state index contributed by atoms with van der Waals surface area (Å²) in [5, 5.41) is 9.08. The normalized spacial score (nSPS) is 11.6. The lowest BCUT2D eigenvalue weighted by atomic mass is 10.1. The van der Waals surface area contributed by atoms with Crippen LogP contribution in [0.5, 0.6) is 0 Å². The number of aryl methyl sites for hydroxylation is 2. The molecule has 5 nitrogen and oxygen atoms in total. The number of rotatable bonds is 7. The van der Waals surface area contributed by atoms with Gasteiger partial charge in [0.2, 0.25) is 0 Å². The molecule has 1 N–H and O–H groups in total. The number of carboxylic acid groups (broad SMARTS) is 1. The number of unbranched alkanes of at least 4 members (excludes halogenated alkanes) is 1. The van der Waals surface area contributed by atoms with Gasteiger partial charge in [-0.15, -0.1) is 0 Å². The molecule has 0 radical (unpaired) electrons. The maximum Gasteiger partial charge on any atom is 0.335 e. The van der Waals surface area contributed by atoms with Gasteiger partial charge in [-0.05, 0) is 43.9 Å². The van der Waals surface area contributed by atoms with Gasteiger partial charge in [-0.3, -0.25) is 0 Å². The smallest absolute Gasteiger partial charge is 0.335 e. The number of aromatic carboxylic acids is 1. The second kappa shape index (κ2) is 6.85. The average Bonchev–Trinajstić information content (AvgIpc) is 2.33. The number of methoxy groups -OCH3 is 1. The summed E-state index contributed by atoms with van der Waals surface area (Å²) in [7, 11) is -1.90. The van der Waals surface area contributed by atoms with Gasteiger partial charge in [0.05, 0.1) is 16.2 Å². The zero-order valence-electron chi connectivity index (χ0n) is 12.0. The minimum absolute atomic E-state index is 0.000675. The number of hydrogen-bond donors (Lipinski definition) is 1. The van der Waals surface area contributed by atoms with Gasteiger partial charge < -0.3 is 9.84 Å². The molecule has 0 bridgehead atoms. The Labute approximate surface area is 119 Å². The number of sulfone groups is 1. The van der Waals surface area contributed by atoms with E-state index in [1.165, 1.54) is 6.07 Å². The van der Waals surface area contributed by atoms with Crippen LogP contribution in [-0.2, 0) is 14.6 Å². The van der Waals surface area contributed by atoms with Gasteiger partial charge >= 0.3 is 5.97 Å². The Balaban J connectivity index is 3.05. The van der Waals surface area contributed by atoms with Crippen LogP contribution in [0.1, 0.15) is 34.3 Å². The Morgan fingerprint density at radius 2 is 1.85 bits per heavy atom. The summed E-state index contributed by atoms with van der Waals surface area (Å²) in [5.41, 5.74) is 1.18. The molecule has 0 saturated carbocycles. The van der Waals surface area contributed by atoms with E-state index in [2.05, 4.69) is 0 Å². The second-order valence-electron chi connectivity index (χ2n) is 4.76. The van der Waals surface area contributed by atoms with Gasteiger partial charge in [0.1, 0.15) is 0 Å². The molecule has 6 heteroatoms. The molecule has 0 amide bonds. The second-order valence-corrected chi connectivity index (χ2v) is 6.83. The highest BCUT2D eigenvalue weighted by Crippen LogP contribution is 2.22. The van der Waals surface area contributed by atoms with Crippen molar-refractivity contribution in [3.63, 3.8) is 0 Å². The minimum Gasteiger partial charge on any atom is -0.478 e. The summed E-state index contributed by atoms with van der Waals surface area (Å²) in [6, 6.07) is 2.87. The number of carboxylic acids is 1. The average molecular weight is 300 g/mol. The highest BCUT2D eigenvalue weighted by molar-refractivity contribution is 7.91. The van der Waals surface area contributed by atoms with Crippen LogP contribution in [0.2, 0.25) is 0 Å². The largest absolute Gasteiger partial charge is 0.478 e. The zero-order chi connectivity index (χ0) is 15.3. The predicted molar refractivity (Wildman–Crippen MR) is 76.0 cm³/mol. The number of ether oxygens (including phenoxy) is 1. The maximum absolute atomic E-state index is 12.3. The van der Waals surface area contributed by atoms with Gasteiger partial charge in [0.25, 0.3) is 0 Å². The van der Waals surface area contributed by atoms with E-state index in [1.807, 2.05) is 0 Å². The quantitative estimate of drug-likeness (QED) is 0.781. The SMILES string of the molecule is COCCCCS(=O)(=O)c1cc(C(=O)O)c(C)cc1C. The fourth-order valence-electron chi connectivity index (χ4n) is 2.05. The molecule has 0 saturated heterocycles. The van der Waals surface area contributed by atoms with Gasteiger partial charge in [-0.25, -0.2) is 13.2 Å². The van der Waals surface area contributed by atoms with E-state index in [9.17, 15) is 13.2 Å². The molecule has 0 spiro atoms. The van der Waals surface area contributed by atoms with Crippen molar-refractivity contribution < 1.29 is 23.1 Å². The van der Waals surface area contributed by atoms with Crippen molar-refractivity contribution in [2.45, 2.75) is 31.6 Å². The fourth-order valence-corrected chi connectivity index (χ4v) is 3.70. The Morgan fingerprint density at radius 1 is 1.20 bits per heavy atom. The Bertz CT molecular complexity index is 590. The molecule has 112 valence electrons. The van der Waals surface area contributed by atoms with Crippen LogP contribution < -0.4 is 0 Å². The van der Waals surface area contributed by atoms with Gasteiger partial charge in [0.15, 0.2) is 9.84 Å². The Kier molecular flexibility index (Phi) is 5.71. The summed E-state index contributed by atoms with van der Waals surface area (Å²) in [6.45, 7) is 3.86. The summed E-state index contributed by atoms with van der Waals surface area (Å²) in [5.74, 6) is -1.11. The topological polar surface area (TPSA) is 80.7 Å². The third-order valence-corrected chi connectivity index (χ3v) is 5.04. The van der Waals surface area contributed by atoms with E-state index < -0.39 is 15.8 Å². The third kappa shape index (κ3) is 4.05. The zero-order valence-corrected chi connectivity index (χ0v) is 12.8. The molecule has 1 rings (SSSR count). The van der Waals surface area contributed by atoms with Crippen LogP contribution in [0.25, 0.3) is 0 Å². The molecular formula is C14H20O5S. The molecule has 0 atom stereocenters. The summed E-state index contributed by atoms with van der Waals surface area (Å²) < 4.78 is 29.4. The van der Waals surface area contributed by atoms with E-state index in [-0.39, 0.29) is 16.2 Å². The molecule has 1 aromatic rings. The lowest BCUT2D eigenvalue weighted by Crippen LogP contribution is -2.12. The highest BCUT2D eigenvalue weighted by Gasteiger charge is 2.20. The molecule has 0 fully saturated rings. The first-order valence-corrected chi connectivity index (χ1v) is 8.01. The van der Waals surface area contributed by atoms with Crippen LogP contribution in [0, 0.1) is 13.8 Å². The van der Waals surface area contributed by atoms with E-state index in [1.54, 1.807) is 27.0 Å². The van der Waals surface area contributed by atoms with E-state index in [0.717, 1.165) is 0 Å². The lowest BCUT2D eigenvalue weighted by Gasteiger charge is -2.11. The first kappa shape index (κ1) is 16.7. The Hall–Kier alpha value is -1.40. The van der Waals surface area contributed by atoms with E-state index in [0.29, 0.717) is 30.6 Å². The first-order valence-electron chi connectivity index (χ1n) is 6.36. The van der Waals surface area contributed by atoms with Crippen LogP contribution >= 0.6 is 0 Å². The lowest BCUT2D eigenvalue weighted by molar-refractivity contribution is 0.0696. The highest BCUT2D eigenvalue weighted by atomic mass is 32.2. The number of hydrogen-bond acceptors (Lipinski definition) is 4. The number of carbonyl (C=O) groups is 1. The van der Waals surface area contributed by atoms with Crippen molar-refractivity contribution in [1.29, 1.82) is 0 Å².